The van der Waals surface area contributed by atoms with E-state index >= 15 is 0 Å². The third-order valence-corrected chi connectivity index (χ3v) is 3.50. The first-order valence-corrected chi connectivity index (χ1v) is 6.33. The summed E-state index contributed by atoms with van der Waals surface area (Å²) in [4.78, 5) is 4.94. The van der Waals surface area contributed by atoms with Crippen molar-refractivity contribution in [2.75, 3.05) is 26.2 Å². The van der Waals surface area contributed by atoms with Gasteiger partial charge >= 0.3 is 0 Å². The zero-order valence-corrected chi connectivity index (χ0v) is 10.1. The second kappa shape index (κ2) is 4.76. The van der Waals surface area contributed by atoms with Gasteiger partial charge in [0.05, 0.1) is 11.4 Å². The highest BCUT2D eigenvalue weighted by atomic mass is 15.2. The summed E-state index contributed by atoms with van der Waals surface area (Å²) in [7, 11) is 0. The maximum atomic E-state index is 3.66. The molecule has 2 saturated heterocycles. The number of hydrogen-bond acceptors (Lipinski definition) is 2. The van der Waals surface area contributed by atoms with Gasteiger partial charge in [0.25, 0.3) is 0 Å². The fourth-order valence-corrected chi connectivity index (χ4v) is 2.61. The van der Waals surface area contributed by atoms with Crippen molar-refractivity contribution in [1.82, 2.24) is 9.80 Å². The Morgan fingerprint density at radius 1 is 0.933 bits per heavy atom. The molecule has 2 aliphatic rings. The summed E-state index contributed by atoms with van der Waals surface area (Å²) in [5.74, 6) is 0. The first-order chi connectivity index (χ1) is 7.35. The van der Waals surface area contributed by atoms with Crippen LogP contribution < -0.4 is 0 Å². The summed E-state index contributed by atoms with van der Waals surface area (Å²) in [6.45, 7) is 9.23. The van der Waals surface area contributed by atoms with Crippen LogP contribution in [0.4, 0.5) is 0 Å². The van der Waals surface area contributed by atoms with Gasteiger partial charge < -0.3 is 9.80 Å². The van der Waals surface area contributed by atoms with Crippen LogP contribution in [0, 0.1) is 0 Å². The first kappa shape index (κ1) is 10.6. The van der Waals surface area contributed by atoms with Crippen LogP contribution in [0.5, 0.6) is 0 Å². The molecule has 2 aliphatic heterocycles. The number of nitrogens with zero attached hydrogens (tertiary/aromatic N) is 2. The van der Waals surface area contributed by atoms with Crippen LogP contribution in [0.25, 0.3) is 0 Å². The van der Waals surface area contributed by atoms with E-state index in [1.807, 2.05) is 0 Å². The maximum Gasteiger partial charge on any atom is 0.0582 e. The molecule has 0 spiro atoms. The molecule has 15 heavy (non-hydrogen) atoms. The Hall–Kier alpha value is -0.880. The molecule has 0 bridgehead atoms. The van der Waals surface area contributed by atoms with Gasteiger partial charge in [-0.3, -0.25) is 0 Å². The molecule has 2 rings (SSSR count). The van der Waals surface area contributed by atoms with Gasteiger partial charge in [-0.05, 0) is 39.5 Å². The predicted octanol–water partition coefficient (Wildman–Crippen LogP) is 2.58. The molecule has 0 amide bonds. The number of likely N-dealkylation sites (tertiary alicyclic amines) is 2. The van der Waals surface area contributed by atoms with E-state index in [1.54, 1.807) is 0 Å². The SMILES string of the molecule is CCN1CCCC1=C=C1CCCN1CC. The van der Waals surface area contributed by atoms with Crippen LogP contribution in [-0.2, 0) is 0 Å². The molecule has 0 aromatic rings. The van der Waals surface area contributed by atoms with Crippen molar-refractivity contribution in [2.45, 2.75) is 39.5 Å². The highest BCUT2D eigenvalue weighted by Gasteiger charge is 2.18. The summed E-state index contributed by atoms with van der Waals surface area (Å²) in [6.07, 6.45) is 5.09. The third kappa shape index (κ3) is 2.21. The van der Waals surface area contributed by atoms with Gasteiger partial charge in [-0.1, -0.05) is 5.73 Å². The molecule has 0 radical (unpaired) electrons. The Kier molecular flexibility index (Phi) is 3.37. The summed E-state index contributed by atoms with van der Waals surface area (Å²) < 4.78 is 0. The van der Waals surface area contributed by atoms with E-state index in [9.17, 15) is 0 Å². The van der Waals surface area contributed by atoms with Crippen LogP contribution in [0.1, 0.15) is 39.5 Å². The van der Waals surface area contributed by atoms with Gasteiger partial charge in [-0.15, -0.1) is 0 Å². The van der Waals surface area contributed by atoms with Crippen molar-refractivity contribution in [3.8, 4) is 0 Å². The van der Waals surface area contributed by atoms with Gasteiger partial charge in [0.2, 0.25) is 0 Å². The summed E-state index contributed by atoms with van der Waals surface area (Å²) in [5.41, 5.74) is 6.57. The minimum atomic E-state index is 1.14. The van der Waals surface area contributed by atoms with E-state index < -0.39 is 0 Å². The molecular formula is C13H22N2. The highest BCUT2D eigenvalue weighted by Crippen LogP contribution is 2.24. The Morgan fingerprint density at radius 3 is 1.80 bits per heavy atom. The van der Waals surface area contributed by atoms with Gasteiger partial charge in [0.15, 0.2) is 0 Å². The number of allylic oxidation sites excluding steroid dienone is 1. The molecule has 2 fully saturated rings. The standard InChI is InChI=1S/C13H22N2/c1-3-14-9-5-7-12(14)11-13-8-6-10-15(13)4-2/h3-10H2,1-2H3. The van der Waals surface area contributed by atoms with Gasteiger partial charge in [-0.2, -0.15) is 0 Å². The van der Waals surface area contributed by atoms with Crippen molar-refractivity contribution >= 4 is 0 Å². The van der Waals surface area contributed by atoms with Crippen molar-refractivity contribution < 1.29 is 0 Å². The van der Waals surface area contributed by atoms with Crippen LogP contribution >= 0.6 is 0 Å². The predicted molar refractivity (Wildman–Crippen MR) is 63.5 cm³/mol. The van der Waals surface area contributed by atoms with Crippen LogP contribution in [0.3, 0.4) is 0 Å². The van der Waals surface area contributed by atoms with E-state index in [2.05, 4.69) is 29.4 Å². The second-order valence-electron chi connectivity index (χ2n) is 4.38. The Morgan fingerprint density at radius 2 is 1.40 bits per heavy atom. The van der Waals surface area contributed by atoms with Crippen LogP contribution in [-0.4, -0.2) is 36.0 Å². The lowest BCUT2D eigenvalue weighted by Gasteiger charge is -2.18. The van der Waals surface area contributed by atoms with Crippen molar-refractivity contribution in [3.63, 3.8) is 0 Å². The normalized spacial score (nSPS) is 21.5. The number of rotatable bonds is 2. The quantitative estimate of drug-likeness (QED) is 0.641. The molecular weight excluding hydrogens is 184 g/mol. The molecule has 0 unspecified atom stereocenters. The number of hydrogen-bond donors (Lipinski definition) is 0. The lowest BCUT2D eigenvalue weighted by atomic mass is 10.2. The van der Waals surface area contributed by atoms with Gasteiger partial charge in [0.1, 0.15) is 0 Å². The minimum Gasteiger partial charge on any atom is -0.369 e. The molecule has 0 aromatic heterocycles. The first-order valence-electron chi connectivity index (χ1n) is 6.33. The molecule has 0 aliphatic carbocycles. The monoisotopic (exact) mass is 206 g/mol. The van der Waals surface area contributed by atoms with E-state index in [1.165, 1.54) is 50.2 Å². The molecule has 0 N–H and O–H groups in total. The van der Waals surface area contributed by atoms with Crippen LogP contribution in [0.2, 0.25) is 0 Å². The maximum absolute atomic E-state index is 3.66. The Bertz CT molecular complexity index is 261. The molecule has 0 saturated carbocycles. The highest BCUT2D eigenvalue weighted by molar-refractivity contribution is 5.13. The topological polar surface area (TPSA) is 6.48 Å². The summed E-state index contributed by atoms with van der Waals surface area (Å²) >= 11 is 0. The molecule has 84 valence electrons. The average Bonchev–Trinajstić information content (AvgIpc) is 2.87. The van der Waals surface area contributed by atoms with Crippen molar-refractivity contribution in [2.24, 2.45) is 0 Å². The lowest BCUT2D eigenvalue weighted by Crippen LogP contribution is -2.18. The van der Waals surface area contributed by atoms with E-state index in [0.29, 0.717) is 0 Å². The zero-order valence-electron chi connectivity index (χ0n) is 10.1. The Labute approximate surface area is 93.2 Å². The van der Waals surface area contributed by atoms with Crippen molar-refractivity contribution in [1.29, 1.82) is 0 Å². The zero-order chi connectivity index (χ0) is 10.7. The minimum absolute atomic E-state index is 1.14. The lowest BCUT2D eigenvalue weighted by molar-refractivity contribution is 0.404. The average molecular weight is 206 g/mol. The largest absolute Gasteiger partial charge is 0.369 e. The summed E-state index contributed by atoms with van der Waals surface area (Å²) in [6, 6.07) is 0. The van der Waals surface area contributed by atoms with Gasteiger partial charge in [0, 0.05) is 26.2 Å². The molecule has 2 heterocycles. The fourth-order valence-electron chi connectivity index (χ4n) is 2.61. The van der Waals surface area contributed by atoms with E-state index in [4.69, 9.17) is 0 Å². The molecule has 0 atom stereocenters. The second-order valence-corrected chi connectivity index (χ2v) is 4.38. The van der Waals surface area contributed by atoms with E-state index in [0.717, 1.165) is 13.1 Å². The van der Waals surface area contributed by atoms with E-state index in [-0.39, 0.29) is 0 Å². The van der Waals surface area contributed by atoms with Crippen molar-refractivity contribution in [3.05, 3.63) is 17.1 Å². The third-order valence-electron chi connectivity index (χ3n) is 3.50. The fraction of sp³-hybridized carbons (Fsp3) is 0.769. The Balaban J connectivity index is 2.21. The molecule has 2 heteroatoms. The molecule has 0 aromatic carbocycles. The smallest absolute Gasteiger partial charge is 0.0582 e. The molecule has 2 nitrogen and oxygen atoms in total. The van der Waals surface area contributed by atoms with Gasteiger partial charge in [-0.25, -0.2) is 0 Å². The summed E-state index contributed by atoms with van der Waals surface area (Å²) in [5, 5.41) is 0. The van der Waals surface area contributed by atoms with Crippen LogP contribution in [0.15, 0.2) is 17.1 Å².